The zero-order valence-electron chi connectivity index (χ0n) is 7.95. The lowest BCUT2D eigenvalue weighted by Gasteiger charge is -2.30. The highest BCUT2D eigenvalue weighted by Gasteiger charge is 2.19. The van der Waals surface area contributed by atoms with Gasteiger partial charge >= 0.3 is 0 Å². The van der Waals surface area contributed by atoms with Gasteiger partial charge < -0.3 is 20.4 Å². The van der Waals surface area contributed by atoms with Crippen LogP contribution in [0.2, 0.25) is 0 Å². The molecule has 13 heavy (non-hydrogen) atoms. The van der Waals surface area contributed by atoms with E-state index in [1.807, 2.05) is 0 Å². The average molecular weight is 195 g/mol. The molecular formula is C7H17NO5. The van der Waals surface area contributed by atoms with Gasteiger partial charge in [-0.15, -0.1) is 0 Å². The van der Waals surface area contributed by atoms with Gasteiger partial charge in [-0.3, -0.25) is 4.79 Å². The van der Waals surface area contributed by atoms with E-state index in [4.69, 9.17) is 25.2 Å². The van der Waals surface area contributed by atoms with Crippen molar-refractivity contribution in [2.75, 3.05) is 0 Å². The van der Waals surface area contributed by atoms with Crippen molar-refractivity contribution in [2.45, 2.75) is 39.5 Å². The summed E-state index contributed by atoms with van der Waals surface area (Å²) < 4.78 is 0. The lowest BCUT2D eigenvalue weighted by atomic mass is 10.4. The predicted molar refractivity (Wildman–Crippen MR) is 45.6 cm³/mol. The van der Waals surface area contributed by atoms with E-state index in [-0.39, 0.29) is 6.47 Å². The molecule has 0 spiro atoms. The van der Waals surface area contributed by atoms with Gasteiger partial charge in [0.2, 0.25) is 0 Å². The second kappa shape index (κ2) is 7.93. The average Bonchev–Trinajstić information content (AvgIpc) is 1.84. The molecule has 0 aliphatic rings. The van der Waals surface area contributed by atoms with Crippen molar-refractivity contribution >= 4 is 6.47 Å². The molecule has 0 aromatic carbocycles. The Morgan fingerprint density at radius 1 is 1.00 bits per heavy atom. The van der Waals surface area contributed by atoms with Crippen LogP contribution in [0.25, 0.3) is 0 Å². The summed E-state index contributed by atoms with van der Waals surface area (Å²) in [5, 5.41) is 33.8. The van der Waals surface area contributed by atoms with E-state index in [2.05, 4.69) is 0 Å². The number of hydrogen-bond acceptors (Lipinski definition) is 5. The Hall–Kier alpha value is -0.690. The van der Waals surface area contributed by atoms with Crippen LogP contribution < -0.4 is 0 Å². The third-order valence-corrected chi connectivity index (χ3v) is 1.29. The van der Waals surface area contributed by atoms with Crippen LogP contribution in [0.15, 0.2) is 0 Å². The summed E-state index contributed by atoms with van der Waals surface area (Å²) in [7, 11) is 0. The number of nitrogens with zero attached hydrogens (tertiary/aromatic N) is 1. The van der Waals surface area contributed by atoms with Crippen LogP contribution in [0.3, 0.4) is 0 Å². The van der Waals surface area contributed by atoms with Crippen LogP contribution in [-0.4, -0.2) is 50.5 Å². The summed E-state index contributed by atoms with van der Waals surface area (Å²) in [4.78, 5) is 9.53. The van der Waals surface area contributed by atoms with E-state index in [0.717, 1.165) is 0 Å². The van der Waals surface area contributed by atoms with E-state index in [1.165, 1.54) is 25.7 Å². The minimum absolute atomic E-state index is 0.250. The van der Waals surface area contributed by atoms with E-state index >= 15 is 0 Å². The molecule has 0 rings (SSSR count). The fourth-order valence-electron chi connectivity index (χ4n) is 0.937. The zero-order chi connectivity index (χ0) is 11.0. The van der Waals surface area contributed by atoms with Crippen LogP contribution in [0.1, 0.15) is 20.8 Å². The molecule has 0 saturated heterocycles. The van der Waals surface area contributed by atoms with Gasteiger partial charge in [0.25, 0.3) is 6.47 Å². The first-order valence-electron chi connectivity index (χ1n) is 3.78. The van der Waals surface area contributed by atoms with Crippen molar-refractivity contribution in [2.24, 2.45) is 0 Å². The summed E-state index contributed by atoms with van der Waals surface area (Å²) in [6, 6.07) is 0. The van der Waals surface area contributed by atoms with E-state index in [1.54, 1.807) is 0 Å². The monoisotopic (exact) mass is 195 g/mol. The molecule has 0 aliphatic heterocycles. The Morgan fingerprint density at radius 2 is 1.15 bits per heavy atom. The predicted octanol–water partition coefficient (Wildman–Crippen LogP) is -0.996. The summed E-state index contributed by atoms with van der Waals surface area (Å²) in [5.41, 5.74) is 0. The smallest absolute Gasteiger partial charge is 0.290 e. The lowest BCUT2D eigenvalue weighted by molar-refractivity contribution is -0.159. The molecule has 0 radical (unpaired) electrons. The second-order valence-electron chi connectivity index (χ2n) is 2.45. The molecule has 0 amide bonds. The first-order valence-corrected chi connectivity index (χ1v) is 3.78. The number of hydrogen-bond donors (Lipinski definition) is 4. The van der Waals surface area contributed by atoms with Gasteiger partial charge in [0.1, 0.15) is 18.7 Å². The SMILES string of the molecule is CC(O)N(C(C)O)C(C)O.O=CO. The van der Waals surface area contributed by atoms with E-state index < -0.39 is 18.7 Å². The third kappa shape index (κ3) is 7.66. The molecule has 0 aromatic heterocycles. The maximum atomic E-state index is 8.96. The van der Waals surface area contributed by atoms with Crippen molar-refractivity contribution < 1.29 is 25.2 Å². The molecular weight excluding hydrogens is 178 g/mol. The Morgan fingerprint density at radius 3 is 1.15 bits per heavy atom. The summed E-state index contributed by atoms with van der Waals surface area (Å²) in [6.45, 7) is 4.21. The number of aliphatic hydroxyl groups is 3. The van der Waals surface area contributed by atoms with Crippen molar-refractivity contribution in [3.05, 3.63) is 0 Å². The highest BCUT2D eigenvalue weighted by Crippen LogP contribution is 2.04. The fraction of sp³-hybridized carbons (Fsp3) is 0.857. The van der Waals surface area contributed by atoms with Gasteiger partial charge in [0.05, 0.1) is 0 Å². The Bertz CT molecular complexity index is 107. The fourth-order valence-corrected chi connectivity index (χ4v) is 0.937. The Kier molecular flexibility index (Phi) is 9.04. The van der Waals surface area contributed by atoms with Crippen molar-refractivity contribution in [1.82, 2.24) is 4.90 Å². The molecule has 0 saturated carbocycles. The van der Waals surface area contributed by atoms with Crippen molar-refractivity contribution in [1.29, 1.82) is 0 Å². The molecule has 3 atom stereocenters. The van der Waals surface area contributed by atoms with E-state index in [0.29, 0.717) is 0 Å². The minimum atomic E-state index is -0.833. The van der Waals surface area contributed by atoms with Gasteiger partial charge in [-0.25, -0.2) is 4.90 Å². The van der Waals surface area contributed by atoms with Crippen LogP contribution in [0.4, 0.5) is 0 Å². The number of rotatable bonds is 3. The van der Waals surface area contributed by atoms with Crippen molar-refractivity contribution in [3.63, 3.8) is 0 Å². The van der Waals surface area contributed by atoms with Crippen molar-refractivity contribution in [3.8, 4) is 0 Å². The maximum Gasteiger partial charge on any atom is 0.290 e. The quantitative estimate of drug-likeness (QED) is 0.340. The number of aliphatic hydroxyl groups excluding tert-OH is 3. The van der Waals surface area contributed by atoms with Crippen LogP contribution >= 0.6 is 0 Å². The number of carbonyl (C=O) groups is 1. The first kappa shape index (κ1) is 14.8. The third-order valence-electron chi connectivity index (χ3n) is 1.29. The summed E-state index contributed by atoms with van der Waals surface area (Å²) >= 11 is 0. The second-order valence-corrected chi connectivity index (χ2v) is 2.45. The van der Waals surface area contributed by atoms with Crippen LogP contribution in [0.5, 0.6) is 0 Å². The molecule has 0 aliphatic carbocycles. The van der Waals surface area contributed by atoms with Gasteiger partial charge in [0, 0.05) is 0 Å². The lowest BCUT2D eigenvalue weighted by Crippen LogP contribution is -2.45. The molecule has 6 nitrogen and oxygen atoms in total. The largest absolute Gasteiger partial charge is 0.483 e. The molecule has 0 fully saturated rings. The van der Waals surface area contributed by atoms with Gasteiger partial charge in [-0.2, -0.15) is 0 Å². The molecule has 0 aromatic rings. The van der Waals surface area contributed by atoms with Gasteiger partial charge in [0.15, 0.2) is 0 Å². The molecule has 3 unspecified atom stereocenters. The summed E-state index contributed by atoms with van der Waals surface area (Å²) in [5.74, 6) is 0. The first-order chi connectivity index (χ1) is 5.88. The molecule has 6 heteroatoms. The zero-order valence-corrected chi connectivity index (χ0v) is 7.95. The van der Waals surface area contributed by atoms with Gasteiger partial charge in [-0.1, -0.05) is 0 Å². The van der Waals surface area contributed by atoms with Gasteiger partial charge in [-0.05, 0) is 20.8 Å². The molecule has 80 valence electrons. The molecule has 4 N–H and O–H groups in total. The normalized spacial score (nSPS) is 16.8. The topological polar surface area (TPSA) is 101 Å². The molecule has 0 heterocycles. The number of carboxylic acid groups (broad SMARTS) is 1. The van der Waals surface area contributed by atoms with Crippen LogP contribution in [-0.2, 0) is 4.79 Å². The Balaban J connectivity index is 0. The van der Waals surface area contributed by atoms with Crippen LogP contribution in [0, 0.1) is 0 Å². The Labute approximate surface area is 77.0 Å². The van der Waals surface area contributed by atoms with E-state index in [9.17, 15) is 0 Å². The minimum Gasteiger partial charge on any atom is -0.483 e. The maximum absolute atomic E-state index is 8.96. The standard InChI is InChI=1S/C6H15NO3.CH2O2/c1-4(8)7(5(2)9)6(3)10;2-1-3/h4-6,8-10H,1-3H3;1H,(H,2,3). The molecule has 0 bridgehead atoms. The highest BCUT2D eigenvalue weighted by molar-refractivity contribution is 5.32. The highest BCUT2D eigenvalue weighted by atomic mass is 16.4. The summed E-state index contributed by atoms with van der Waals surface area (Å²) in [6.07, 6.45) is -2.50.